The van der Waals surface area contributed by atoms with Crippen LogP contribution in [-0.2, 0) is 0 Å². The number of nitriles is 1. The first kappa shape index (κ1) is 6.88. The van der Waals surface area contributed by atoms with Crippen molar-refractivity contribution < 1.29 is 0 Å². The van der Waals surface area contributed by atoms with E-state index in [4.69, 9.17) is 28.5 Å². The molecule has 0 aliphatic heterocycles. The van der Waals surface area contributed by atoms with Gasteiger partial charge in [0.1, 0.15) is 10.4 Å². The van der Waals surface area contributed by atoms with E-state index >= 15 is 0 Å². The second kappa shape index (κ2) is 2.57. The molecule has 0 aromatic carbocycles. The highest BCUT2D eigenvalue weighted by molar-refractivity contribution is 7.20. The lowest BCUT2D eigenvalue weighted by Gasteiger charge is -1.73. The molecule has 0 unspecified atom stereocenters. The second-order valence-electron chi connectivity index (χ2n) is 1.35. The molecule has 1 nitrogen and oxygen atoms in total. The molecule has 9 heavy (non-hydrogen) atoms. The number of halogens is 2. The van der Waals surface area contributed by atoms with Crippen LogP contribution < -0.4 is 0 Å². The monoisotopic (exact) mass is 177 g/mol. The molecule has 1 heterocycles. The standard InChI is InChI=1S/C5HCl2NS/c6-4-1-3(2-8)5(7)9-4/h1H. The Hall–Kier alpha value is -0.230. The zero-order valence-electron chi connectivity index (χ0n) is 4.19. The van der Waals surface area contributed by atoms with Crippen LogP contribution in [0.1, 0.15) is 5.56 Å². The minimum absolute atomic E-state index is 0.451. The van der Waals surface area contributed by atoms with E-state index < -0.39 is 0 Å². The third-order valence-electron chi connectivity index (χ3n) is 0.777. The molecule has 0 radical (unpaired) electrons. The van der Waals surface area contributed by atoms with Crippen LogP contribution >= 0.6 is 34.5 Å². The third kappa shape index (κ3) is 1.36. The van der Waals surface area contributed by atoms with Crippen molar-refractivity contribution in [3.63, 3.8) is 0 Å². The molecule has 1 aromatic rings. The minimum atomic E-state index is 0.451. The maximum atomic E-state index is 8.35. The lowest BCUT2D eigenvalue weighted by molar-refractivity contribution is 1.51. The Labute approximate surface area is 66.4 Å². The number of hydrogen-bond acceptors (Lipinski definition) is 2. The summed E-state index contributed by atoms with van der Waals surface area (Å²) < 4.78 is 1.01. The van der Waals surface area contributed by atoms with E-state index in [0.717, 1.165) is 0 Å². The zero-order chi connectivity index (χ0) is 6.85. The first-order chi connectivity index (χ1) is 4.24. The summed E-state index contributed by atoms with van der Waals surface area (Å²) in [5.74, 6) is 0. The van der Waals surface area contributed by atoms with E-state index in [2.05, 4.69) is 0 Å². The average Bonchev–Trinajstić information content (AvgIpc) is 2.10. The van der Waals surface area contributed by atoms with Gasteiger partial charge in [-0.2, -0.15) is 5.26 Å². The van der Waals surface area contributed by atoms with Crippen LogP contribution in [0, 0.1) is 11.3 Å². The molecule has 0 amide bonds. The fraction of sp³-hybridized carbons (Fsp3) is 0. The molecule has 0 saturated heterocycles. The van der Waals surface area contributed by atoms with Gasteiger partial charge in [0, 0.05) is 0 Å². The molecule has 0 saturated carbocycles. The molecule has 46 valence electrons. The van der Waals surface area contributed by atoms with Gasteiger partial charge in [-0.15, -0.1) is 11.3 Å². The SMILES string of the molecule is N#Cc1cc(Cl)sc1Cl. The molecule has 1 aromatic heterocycles. The van der Waals surface area contributed by atoms with Crippen LogP contribution in [0.4, 0.5) is 0 Å². The highest BCUT2D eigenvalue weighted by atomic mass is 35.5. The first-order valence-electron chi connectivity index (χ1n) is 2.09. The van der Waals surface area contributed by atoms with Crippen molar-refractivity contribution in [2.75, 3.05) is 0 Å². The van der Waals surface area contributed by atoms with Gasteiger partial charge in [0.25, 0.3) is 0 Å². The van der Waals surface area contributed by atoms with Crippen LogP contribution in [0.5, 0.6) is 0 Å². The minimum Gasteiger partial charge on any atom is -0.192 e. The Morgan fingerprint density at radius 1 is 1.56 bits per heavy atom. The van der Waals surface area contributed by atoms with Crippen LogP contribution in [-0.4, -0.2) is 0 Å². The summed E-state index contributed by atoms with van der Waals surface area (Å²) in [7, 11) is 0. The Kier molecular flexibility index (Phi) is 1.97. The molecular formula is C5HCl2NS. The van der Waals surface area contributed by atoms with E-state index in [9.17, 15) is 0 Å². The van der Waals surface area contributed by atoms with E-state index in [1.165, 1.54) is 11.3 Å². The van der Waals surface area contributed by atoms with Crippen molar-refractivity contribution in [2.24, 2.45) is 0 Å². The zero-order valence-corrected chi connectivity index (χ0v) is 6.52. The summed E-state index contributed by atoms with van der Waals surface area (Å²) in [6.07, 6.45) is 0. The number of rotatable bonds is 0. The van der Waals surface area contributed by atoms with E-state index in [-0.39, 0.29) is 0 Å². The van der Waals surface area contributed by atoms with E-state index in [0.29, 0.717) is 14.2 Å². The van der Waals surface area contributed by atoms with Crippen LogP contribution in [0.25, 0.3) is 0 Å². The highest BCUT2D eigenvalue weighted by Crippen LogP contribution is 2.30. The van der Waals surface area contributed by atoms with Gasteiger partial charge in [-0.1, -0.05) is 23.2 Å². The molecule has 0 aliphatic carbocycles. The maximum absolute atomic E-state index is 8.35. The van der Waals surface area contributed by atoms with Gasteiger partial charge >= 0.3 is 0 Å². The normalized spacial score (nSPS) is 9.00. The van der Waals surface area contributed by atoms with Gasteiger partial charge in [0.15, 0.2) is 0 Å². The number of nitrogens with zero attached hydrogens (tertiary/aromatic N) is 1. The highest BCUT2D eigenvalue weighted by Gasteiger charge is 2.02. The Morgan fingerprint density at radius 2 is 2.22 bits per heavy atom. The van der Waals surface area contributed by atoms with Crippen molar-refractivity contribution >= 4 is 34.5 Å². The maximum Gasteiger partial charge on any atom is 0.112 e. The fourth-order valence-corrected chi connectivity index (χ4v) is 1.78. The summed E-state index contributed by atoms with van der Waals surface area (Å²) in [5.41, 5.74) is 0.451. The van der Waals surface area contributed by atoms with Gasteiger partial charge < -0.3 is 0 Å². The summed E-state index contributed by atoms with van der Waals surface area (Å²) in [4.78, 5) is 0. The fourth-order valence-electron chi connectivity index (χ4n) is 0.416. The lowest BCUT2D eigenvalue weighted by Crippen LogP contribution is -1.60. The molecule has 0 fully saturated rings. The van der Waals surface area contributed by atoms with Crippen molar-refractivity contribution in [3.05, 3.63) is 20.3 Å². The topological polar surface area (TPSA) is 23.8 Å². The van der Waals surface area contributed by atoms with Crippen LogP contribution in [0.3, 0.4) is 0 Å². The van der Waals surface area contributed by atoms with Gasteiger partial charge in [-0.05, 0) is 6.07 Å². The molecule has 0 N–H and O–H groups in total. The quantitative estimate of drug-likeness (QED) is 0.599. The molecule has 0 atom stereocenters. The predicted molar refractivity (Wildman–Crippen MR) is 39.1 cm³/mol. The van der Waals surface area contributed by atoms with Crippen molar-refractivity contribution in [3.8, 4) is 6.07 Å². The smallest absolute Gasteiger partial charge is 0.112 e. The molecule has 0 spiro atoms. The summed E-state index contributed by atoms with van der Waals surface area (Å²) in [5, 5.41) is 8.35. The Balaban J connectivity index is 3.20. The Morgan fingerprint density at radius 3 is 2.44 bits per heavy atom. The third-order valence-corrected chi connectivity index (χ3v) is 2.26. The first-order valence-corrected chi connectivity index (χ1v) is 3.66. The van der Waals surface area contributed by atoms with Crippen molar-refractivity contribution in [1.29, 1.82) is 5.26 Å². The summed E-state index contributed by atoms with van der Waals surface area (Å²) in [6.45, 7) is 0. The molecular weight excluding hydrogens is 177 g/mol. The van der Waals surface area contributed by atoms with Gasteiger partial charge in [0.2, 0.25) is 0 Å². The summed E-state index contributed by atoms with van der Waals surface area (Å²) >= 11 is 12.3. The van der Waals surface area contributed by atoms with Crippen LogP contribution in [0.15, 0.2) is 6.07 Å². The van der Waals surface area contributed by atoms with Gasteiger partial charge in [-0.25, -0.2) is 0 Å². The lowest BCUT2D eigenvalue weighted by atomic mass is 10.4. The molecule has 1 rings (SSSR count). The van der Waals surface area contributed by atoms with Crippen molar-refractivity contribution in [1.82, 2.24) is 0 Å². The van der Waals surface area contributed by atoms with E-state index in [1.54, 1.807) is 6.07 Å². The molecule has 4 heteroatoms. The van der Waals surface area contributed by atoms with Crippen LogP contribution in [0.2, 0.25) is 8.67 Å². The molecule has 0 aliphatic rings. The summed E-state index contributed by atoms with van der Waals surface area (Å²) in [6, 6.07) is 3.46. The second-order valence-corrected chi connectivity index (χ2v) is 3.64. The number of thiophene rings is 1. The largest absolute Gasteiger partial charge is 0.192 e. The van der Waals surface area contributed by atoms with Gasteiger partial charge in [-0.3, -0.25) is 0 Å². The predicted octanol–water partition coefficient (Wildman–Crippen LogP) is 2.93. The Bertz CT molecular complexity index is 260. The van der Waals surface area contributed by atoms with Crippen molar-refractivity contribution in [2.45, 2.75) is 0 Å². The number of hydrogen-bond donors (Lipinski definition) is 0. The molecule has 0 bridgehead atoms. The average molecular weight is 178 g/mol. The van der Waals surface area contributed by atoms with Gasteiger partial charge in [0.05, 0.1) is 9.90 Å². The van der Waals surface area contributed by atoms with E-state index in [1.807, 2.05) is 6.07 Å².